The predicted octanol–water partition coefficient (Wildman–Crippen LogP) is 0.948. The highest BCUT2D eigenvalue weighted by atomic mass is 32.2. The SMILES string of the molecule is CCCn1cc(S(=O)(=O)Nc2cncnc2)cc1CN. The fourth-order valence-corrected chi connectivity index (χ4v) is 2.95. The number of sulfonamides is 1. The molecule has 0 bridgehead atoms. The molecule has 0 spiro atoms. The first-order valence-electron chi connectivity index (χ1n) is 6.23. The molecule has 108 valence electrons. The Morgan fingerprint density at radius 3 is 2.65 bits per heavy atom. The van der Waals surface area contributed by atoms with Gasteiger partial charge in [-0.2, -0.15) is 0 Å². The Hall–Kier alpha value is -1.93. The minimum absolute atomic E-state index is 0.190. The van der Waals surface area contributed by atoms with Crippen molar-refractivity contribution in [2.24, 2.45) is 5.73 Å². The summed E-state index contributed by atoms with van der Waals surface area (Å²) in [5.74, 6) is 0. The molecule has 0 fully saturated rings. The van der Waals surface area contributed by atoms with Gasteiger partial charge in [-0.1, -0.05) is 6.92 Å². The van der Waals surface area contributed by atoms with E-state index in [9.17, 15) is 8.42 Å². The van der Waals surface area contributed by atoms with Gasteiger partial charge in [-0.15, -0.1) is 0 Å². The van der Waals surface area contributed by atoms with Crippen molar-refractivity contribution in [1.82, 2.24) is 14.5 Å². The minimum atomic E-state index is -3.65. The van der Waals surface area contributed by atoms with Crippen LogP contribution >= 0.6 is 0 Å². The molecule has 0 aliphatic carbocycles. The van der Waals surface area contributed by atoms with Gasteiger partial charge in [0.15, 0.2) is 0 Å². The van der Waals surface area contributed by atoms with Crippen molar-refractivity contribution in [3.05, 3.63) is 36.7 Å². The first-order valence-corrected chi connectivity index (χ1v) is 7.72. The molecule has 8 heteroatoms. The van der Waals surface area contributed by atoms with Gasteiger partial charge in [0.2, 0.25) is 0 Å². The summed E-state index contributed by atoms with van der Waals surface area (Å²) in [6, 6.07) is 1.59. The number of hydrogen-bond acceptors (Lipinski definition) is 5. The molecule has 2 rings (SSSR count). The topological polar surface area (TPSA) is 103 Å². The number of nitrogens with zero attached hydrogens (tertiary/aromatic N) is 3. The van der Waals surface area contributed by atoms with E-state index in [0.717, 1.165) is 18.7 Å². The molecule has 2 aromatic heterocycles. The van der Waals surface area contributed by atoms with Gasteiger partial charge >= 0.3 is 0 Å². The number of nitrogens with two attached hydrogens (primary N) is 1. The Bertz CT molecular complexity index is 666. The molecule has 20 heavy (non-hydrogen) atoms. The number of aryl methyl sites for hydroxylation is 1. The Labute approximate surface area is 117 Å². The maximum Gasteiger partial charge on any atom is 0.263 e. The molecule has 0 aromatic carbocycles. The summed E-state index contributed by atoms with van der Waals surface area (Å²) in [5.41, 5.74) is 6.75. The van der Waals surface area contributed by atoms with E-state index >= 15 is 0 Å². The zero-order chi connectivity index (χ0) is 14.6. The third kappa shape index (κ3) is 3.14. The van der Waals surface area contributed by atoms with Crippen molar-refractivity contribution in [2.45, 2.75) is 31.3 Å². The monoisotopic (exact) mass is 295 g/mol. The lowest BCUT2D eigenvalue weighted by Crippen LogP contribution is -2.12. The molecule has 0 unspecified atom stereocenters. The molecular formula is C12H17N5O2S. The van der Waals surface area contributed by atoms with Crippen molar-refractivity contribution in [2.75, 3.05) is 4.72 Å². The molecule has 2 heterocycles. The van der Waals surface area contributed by atoms with Crippen molar-refractivity contribution in [1.29, 1.82) is 0 Å². The van der Waals surface area contributed by atoms with Gasteiger partial charge in [-0.3, -0.25) is 4.72 Å². The second-order valence-corrected chi connectivity index (χ2v) is 5.98. The smallest absolute Gasteiger partial charge is 0.263 e. The third-order valence-electron chi connectivity index (χ3n) is 2.76. The van der Waals surface area contributed by atoms with E-state index in [4.69, 9.17) is 5.73 Å². The van der Waals surface area contributed by atoms with Crippen molar-refractivity contribution < 1.29 is 8.42 Å². The summed E-state index contributed by atoms with van der Waals surface area (Å²) in [6.07, 6.45) is 6.63. The van der Waals surface area contributed by atoms with Crippen LogP contribution in [0.3, 0.4) is 0 Å². The number of nitrogens with one attached hydrogen (secondary N) is 1. The first kappa shape index (κ1) is 14.5. The highest BCUT2D eigenvalue weighted by Crippen LogP contribution is 2.18. The van der Waals surface area contributed by atoms with Crippen LogP contribution in [0.4, 0.5) is 5.69 Å². The van der Waals surface area contributed by atoms with Gasteiger partial charge in [-0.05, 0) is 12.5 Å². The van der Waals surface area contributed by atoms with Crippen LogP contribution in [0.1, 0.15) is 19.0 Å². The quantitative estimate of drug-likeness (QED) is 0.825. The Morgan fingerprint density at radius 1 is 1.35 bits per heavy atom. The number of anilines is 1. The van der Waals surface area contributed by atoms with Crippen LogP contribution < -0.4 is 10.5 Å². The minimum Gasteiger partial charge on any atom is -0.349 e. The van der Waals surface area contributed by atoms with Gasteiger partial charge in [-0.25, -0.2) is 18.4 Å². The molecule has 0 saturated carbocycles. The van der Waals surface area contributed by atoms with E-state index in [1.54, 1.807) is 12.3 Å². The van der Waals surface area contributed by atoms with E-state index in [-0.39, 0.29) is 4.90 Å². The Balaban J connectivity index is 2.30. The molecule has 3 N–H and O–H groups in total. The first-order chi connectivity index (χ1) is 9.56. The van der Waals surface area contributed by atoms with Crippen LogP contribution in [0.25, 0.3) is 0 Å². The van der Waals surface area contributed by atoms with Crippen LogP contribution in [0.2, 0.25) is 0 Å². The van der Waals surface area contributed by atoms with E-state index in [2.05, 4.69) is 14.7 Å². The second-order valence-electron chi connectivity index (χ2n) is 4.30. The van der Waals surface area contributed by atoms with Crippen LogP contribution in [0, 0.1) is 0 Å². The summed E-state index contributed by atoms with van der Waals surface area (Å²) >= 11 is 0. The molecule has 0 aliphatic rings. The predicted molar refractivity (Wildman–Crippen MR) is 75.5 cm³/mol. The summed E-state index contributed by atoms with van der Waals surface area (Å²) in [7, 11) is -3.65. The Kier molecular flexibility index (Phi) is 4.35. The molecule has 0 amide bonds. The van der Waals surface area contributed by atoms with E-state index in [1.165, 1.54) is 18.7 Å². The van der Waals surface area contributed by atoms with Gasteiger partial charge in [0.25, 0.3) is 10.0 Å². The van der Waals surface area contributed by atoms with Crippen molar-refractivity contribution in [3.63, 3.8) is 0 Å². The number of hydrogen-bond donors (Lipinski definition) is 2. The molecule has 0 radical (unpaired) electrons. The highest BCUT2D eigenvalue weighted by molar-refractivity contribution is 7.92. The van der Waals surface area contributed by atoms with Crippen LogP contribution in [-0.2, 0) is 23.1 Å². The summed E-state index contributed by atoms with van der Waals surface area (Å²) in [4.78, 5) is 7.73. The summed E-state index contributed by atoms with van der Waals surface area (Å²) < 4.78 is 28.8. The third-order valence-corrected chi connectivity index (χ3v) is 4.11. The molecule has 0 atom stereocenters. The zero-order valence-corrected chi connectivity index (χ0v) is 12.0. The van der Waals surface area contributed by atoms with Crippen LogP contribution in [0.15, 0.2) is 35.9 Å². The lowest BCUT2D eigenvalue weighted by Gasteiger charge is -2.05. The molecular weight excluding hydrogens is 278 g/mol. The normalized spacial score (nSPS) is 11.5. The lowest BCUT2D eigenvalue weighted by molar-refractivity contribution is 0.600. The summed E-state index contributed by atoms with van der Waals surface area (Å²) in [5, 5.41) is 0. The van der Waals surface area contributed by atoms with E-state index in [1.807, 2.05) is 11.5 Å². The number of rotatable bonds is 6. The Morgan fingerprint density at radius 2 is 2.05 bits per heavy atom. The largest absolute Gasteiger partial charge is 0.349 e. The van der Waals surface area contributed by atoms with Gasteiger partial charge in [0.1, 0.15) is 11.2 Å². The van der Waals surface area contributed by atoms with Gasteiger partial charge < -0.3 is 10.3 Å². The zero-order valence-electron chi connectivity index (χ0n) is 11.2. The maximum atomic E-state index is 12.3. The van der Waals surface area contributed by atoms with E-state index < -0.39 is 10.0 Å². The number of aromatic nitrogens is 3. The molecule has 0 saturated heterocycles. The molecule has 2 aromatic rings. The average Bonchev–Trinajstić information content (AvgIpc) is 2.84. The summed E-state index contributed by atoms with van der Waals surface area (Å²) in [6.45, 7) is 3.05. The van der Waals surface area contributed by atoms with Crippen LogP contribution in [-0.4, -0.2) is 23.0 Å². The maximum absolute atomic E-state index is 12.3. The second kappa shape index (κ2) is 6.02. The molecule has 0 aliphatic heterocycles. The fourth-order valence-electron chi connectivity index (χ4n) is 1.86. The standard InChI is InChI=1S/C12H17N5O2S/c1-2-3-17-8-12(4-11(17)5-13)20(18,19)16-10-6-14-9-15-7-10/h4,6-9,16H,2-3,5,13H2,1H3. The van der Waals surface area contributed by atoms with Gasteiger partial charge in [0.05, 0.1) is 18.1 Å². The van der Waals surface area contributed by atoms with Crippen molar-refractivity contribution in [3.8, 4) is 0 Å². The van der Waals surface area contributed by atoms with E-state index in [0.29, 0.717) is 12.2 Å². The molecule has 7 nitrogen and oxygen atoms in total. The lowest BCUT2D eigenvalue weighted by atomic mass is 10.4. The van der Waals surface area contributed by atoms with Crippen LogP contribution in [0.5, 0.6) is 0 Å². The fraction of sp³-hybridized carbons (Fsp3) is 0.333. The average molecular weight is 295 g/mol. The van der Waals surface area contributed by atoms with Gasteiger partial charge in [0, 0.05) is 25.0 Å². The highest BCUT2D eigenvalue weighted by Gasteiger charge is 2.18. The van der Waals surface area contributed by atoms with Crippen molar-refractivity contribution >= 4 is 15.7 Å².